The van der Waals surface area contributed by atoms with Crippen molar-refractivity contribution >= 4 is 50.2 Å². The molecule has 0 unspecified atom stereocenters. The number of pyridine rings is 1. The van der Waals surface area contributed by atoms with E-state index in [1.54, 1.807) is 12.3 Å². The Hall–Kier alpha value is -2.70. The highest BCUT2D eigenvalue weighted by Crippen LogP contribution is 2.27. The fraction of sp³-hybridized carbons (Fsp3) is 0.0500. The van der Waals surface area contributed by atoms with Gasteiger partial charge in [-0.05, 0) is 58.7 Å². The van der Waals surface area contributed by atoms with Crippen LogP contribution in [-0.4, -0.2) is 20.9 Å². The molecule has 0 aliphatic carbocycles. The number of halogens is 2. The summed E-state index contributed by atoms with van der Waals surface area (Å²) in [5, 5.41) is 3.57. The van der Waals surface area contributed by atoms with Crippen LogP contribution in [0.3, 0.4) is 0 Å². The van der Waals surface area contributed by atoms with Crippen LogP contribution in [0.2, 0.25) is 5.02 Å². The van der Waals surface area contributed by atoms with Crippen molar-refractivity contribution in [3.8, 4) is 11.4 Å². The van der Waals surface area contributed by atoms with Crippen LogP contribution in [-0.2, 0) is 0 Å². The molecule has 0 atom stereocenters. The van der Waals surface area contributed by atoms with Crippen molar-refractivity contribution in [2.45, 2.75) is 6.92 Å². The van der Waals surface area contributed by atoms with E-state index in [1.165, 1.54) is 6.20 Å². The normalized spacial score (nSPS) is 10.9. The molecule has 2 aromatic carbocycles. The molecular formula is C20H14BrClN4O. The number of fused-ring (bicyclic) bond motifs is 1. The lowest BCUT2D eigenvalue weighted by atomic mass is 10.2. The predicted molar refractivity (Wildman–Crippen MR) is 111 cm³/mol. The topological polar surface area (TPSA) is 70.7 Å². The van der Waals surface area contributed by atoms with E-state index in [9.17, 15) is 4.79 Å². The maximum atomic E-state index is 12.4. The van der Waals surface area contributed by atoms with Crippen molar-refractivity contribution in [1.82, 2.24) is 15.0 Å². The number of nitrogens with one attached hydrogen (secondary N) is 2. The van der Waals surface area contributed by atoms with Crippen molar-refractivity contribution in [2.24, 2.45) is 0 Å². The zero-order valence-electron chi connectivity index (χ0n) is 14.3. The summed E-state index contributed by atoms with van der Waals surface area (Å²) in [6.07, 6.45) is 3.15. The number of imidazole rings is 1. The van der Waals surface area contributed by atoms with Crippen LogP contribution in [0.5, 0.6) is 0 Å². The molecule has 0 fully saturated rings. The molecular weight excluding hydrogens is 428 g/mol. The molecule has 4 aromatic rings. The Labute approximate surface area is 168 Å². The second-order valence-electron chi connectivity index (χ2n) is 6.13. The number of rotatable bonds is 3. The second kappa shape index (κ2) is 7.13. The van der Waals surface area contributed by atoms with Gasteiger partial charge in [0.2, 0.25) is 0 Å². The largest absolute Gasteiger partial charge is 0.338 e. The summed E-state index contributed by atoms with van der Waals surface area (Å²) < 4.78 is 0.750. The Kier molecular flexibility index (Phi) is 4.68. The molecule has 0 bridgehead atoms. The van der Waals surface area contributed by atoms with E-state index in [4.69, 9.17) is 11.6 Å². The van der Waals surface area contributed by atoms with Crippen LogP contribution < -0.4 is 5.32 Å². The first-order chi connectivity index (χ1) is 13.0. The fourth-order valence-corrected chi connectivity index (χ4v) is 3.28. The number of aryl methyl sites for hydroxylation is 1. The van der Waals surface area contributed by atoms with Crippen molar-refractivity contribution in [3.63, 3.8) is 0 Å². The number of aromatic amines is 1. The molecule has 0 aliphatic heterocycles. The zero-order valence-corrected chi connectivity index (χ0v) is 16.6. The molecule has 0 radical (unpaired) electrons. The number of hydrogen-bond donors (Lipinski definition) is 2. The zero-order chi connectivity index (χ0) is 19.0. The average molecular weight is 442 g/mol. The molecule has 0 spiro atoms. The Morgan fingerprint density at radius 2 is 2.04 bits per heavy atom. The molecule has 5 nitrogen and oxygen atoms in total. The number of hydrogen-bond acceptors (Lipinski definition) is 3. The van der Waals surface area contributed by atoms with Crippen molar-refractivity contribution < 1.29 is 4.79 Å². The van der Waals surface area contributed by atoms with Gasteiger partial charge in [-0.3, -0.25) is 9.78 Å². The fourth-order valence-electron chi connectivity index (χ4n) is 2.76. The van der Waals surface area contributed by atoms with Gasteiger partial charge in [-0.25, -0.2) is 4.98 Å². The van der Waals surface area contributed by atoms with Gasteiger partial charge in [-0.15, -0.1) is 0 Å². The number of anilines is 1. The van der Waals surface area contributed by atoms with Gasteiger partial charge in [-0.1, -0.05) is 23.7 Å². The van der Waals surface area contributed by atoms with Gasteiger partial charge in [0, 0.05) is 33.1 Å². The third-order valence-corrected chi connectivity index (χ3v) is 4.96. The summed E-state index contributed by atoms with van der Waals surface area (Å²) in [5.41, 5.74) is 4.72. The van der Waals surface area contributed by atoms with E-state index in [0.717, 1.165) is 26.6 Å². The summed E-state index contributed by atoms with van der Waals surface area (Å²) in [4.78, 5) is 24.3. The number of amides is 1. The van der Waals surface area contributed by atoms with E-state index < -0.39 is 0 Å². The Morgan fingerprint density at radius 3 is 2.85 bits per heavy atom. The van der Waals surface area contributed by atoms with Crippen LogP contribution in [0.1, 0.15) is 15.9 Å². The third kappa shape index (κ3) is 3.72. The Balaban J connectivity index is 1.63. The van der Waals surface area contributed by atoms with Crippen molar-refractivity contribution in [3.05, 3.63) is 75.5 Å². The van der Waals surface area contributed by atoms with E-state index in [-0.39, 0.29) is 5.91 Å². The lowest BCUT2D eigenvalue weighted by Crippen LogP contribution is -2.12. The highest BCUT2D eigenvalue weighted by atomic mass is 79.9. The van der Waals surface area contributed by atoms with E-state index >= 15 is 0 Å². The van der Waals surface area contributed by atoms with Crippen molar-refractivity contribution in [1.29, 1.82) is 0 Å². The van der Waals surface area contributed by atoms with Gasteiger partial charge in [0.1, 0.15) is 5.82 Å². The highest BCUT2D eigenvalue weighted by molar-refractivity contribution is 9.10. The first-order valence-corrected chi connectivity index (χ1v) is 9.35. The SMILES string of the molecule is Cc1cc2[nH]c(-c3cccc(NC(=O)c4cncc(Br)c4)c3)nc2cc1Cl. The number of aromatic nitrogens is 3. The summed E-state index contributed by atoms with van der Waals surface area (Å²) >= 11 is 9.51. The molecule has 0 aliphatic rings. The summed E-state index contributed by atoms with van der Waals surface area (Å²) in [6.45, 7) is 1.95. The average Bonchev–Trinajstić information content (AvgIpc) is 3.05. The summed E-state index contributed by atoms with van der Waals surface area (Å²) in [6, 6.07) is 13.0. The van der Waals surface area contributed by atoms with Gasteiger partial charge in [-0.2, -0.15) is 0 Å². The second-order valence-corrected chi connectivity index (χ2v) is 7.45. The minimum absolute atomic E-state index is 0.229. The molecule has 1 amide bonds. The van der Waals surface area contributed by atoms with Gasteiger partial charge in [0.05, 0.1) is 16.6 Å². The van der Waals surface area contributed by atoms with Gasteiger partial charge < -0.3 is 10.3 Å². The minimum atomic E-state index is -0.229. The van der Waals surface area contributed by atoms with E-state index in [0.29, 0.717) is 22.1 Å². The monoisotopic (exact) mass is 440 g/mol. The first kappa shape index (κ1) is 17.7. The molecule has 27 heavy (non-hydrogen) atoms. The Bertz CT molecular complexity index is 1130. The molecule has 2 aromatic heterocycles. The van der Waals surface area contributed by atoms with Crippen LogP contribution in [0.4, 0.5) is 5.69 Å². The van der Waals surface area contributed by atoms with Gasteiger partial charge in [0.25, 0.3) is 5.91 Å². The summed E-state index contributed by atoms with van der Waals surface area (Å²) in [5.74, 6) is 0.486. The number of carbonyl (C=O) groups is 1. The quantitative estimate of drug-likeness (QED) is 0.434. The third-order valence-electron chi connectivity index (χ3n) is 4.12. The lowest BCUT2D eigenvalue weighted by Gasteiger charge is -2.06. The van der Waals surface area contributed by atoms with Crippen LogP contribution >= 0.6 is 27.5 Å². The molecule has 0 saturated heterocycles. The van der Waals surface area contributed by atoms with E-state index in [2.05, 4.69) is 36.2 Å². The lowest BCUT2D eigenvalue weighted by molar-refractivity contribution is 0.102. The molecule has 2 N–H and O–H groups in total. The highest BCUT2D eigenvalue weighted by Gasteiger charge is 2.10. The van der Waals surface area contributed by atoms with Gasteiger partial charge >= 0.3 is 0 Å². The first-order valence-electron chi connectivity index (χ1n) is 8.18. The Morgan fingerprint density at radius 1 is 1.19 bits per heavy atom. The maximum absolute atomic E-state index is 12.4. The minimum Gasteiger partial charge on any atom is -0.338 e. The smallest absolute Gasteiger partial charge is 0.257 e. The molecule has 2 heterocycles. The number of carbonyl (C=O) groups excluding carboxylic acids is 1. The molecule has 134 valence electrons. The molecule has 7 heteroatoms. The van der Waals surface area contributed by atoms with Crippen LogP contribution in [0.25, 0.3) is 22.4 Å². The van der Waals surface area contributed by atoms with E-state index in [1.807, 2.05) is 43.3 Å². The van der Waals surface area contributed by atoms with Crippen molar-refractivity contribution in [2.75, 3.05) is 5.32 Å². The number of nitrogens with zero attached hydrogens (tertiary/aromatic N) is 2. The predicted octanol–water partition coefficient (Wildman–Crippen LogP) is 5.60. The number of H-pyrrole nitrogens is 1. The maximum Gasteiger partial charge on any atom is 0.257 e. The number of benzene rings is 2. The summed E-state index contributed by atoms with van der Waals surface area (Å²) in [7, 11) is 0. The van der Waals surface area contributed by atoms with Crippen LogP contribution in [0.15, 0.2) is 59.3 Å². The molecule has 0 saturated carbocycles. The molecule has 4 rings (SSSR count). The van der Waals surface area contributed by atoms with Gasteiger partial charge in [0.15, 0.2) is 0 Å². The van der Waals surface area contributed by atoms with Crippen LogP contribution in [0, 0.1) is 6.92 Å². The standard InChI is InChI=1S/C20H14BrClN4O/c1-11-5-17-18(8-16(11)22)26-19(25-17)12-3-2-4-15(7-12)24-20(27)13-6-14(21)10-23-9-13/h2-10H,1H3,(H,24,27)(H,25,26).